The average molecular weight is 647 g/mol. The monoisotopic (exact) mass is 646 g/mol. The van der Waals surface area contributed by atoms with Crippen molar-refractivity contribution in [3.8, 4) is 40.1 Å². The number of amides is 1. The van der Waals surface area contributed by atoms with Gasteiger partial charge in [-0.2, -0.15) is 0 Å². The Morgan fingerprint density at radius 2 is 1.60 bits per heavy atom. The predicted molar refractivity (Wildman–Crippen MR) is 173 cm³/mol. The Morgan fingerprint density at radius 1 is 0.872 bits per heavy atom. The van der Waals surface area contributed by atoms with E-state index in [1.807, 2.05) is 18.2 Å². The summed E-state index contributed by atoms with van der Waals surface area (Å²) in [6.07, 6.45) is -0.0254. The van der Waals surface area contributed by atoms with E-state index in [0.717, 1.165) is 5.56 Å². The number of benzene rings is 3. The number of methoxy groups -OCH3 is 3. The Hall–Kier alpha value is -5.23. The van der Waals surface area contributed by atoms with Crippen LogP contribution in [-0.4, -0.2) is 87.5 Å². The van der Waals surface area contributed by atoms with E-state index in [1.54, 1.807) is 44.2 Å². The van der Waals surface area contributed by atoms with Crippen LogP contribution in [0.15, 0.2) is 63.8 Å². The number of phenolic OH excluding ortho intramolecular Hbond substituents is 1. The molecule has 2 heterocycles. The highest BCUT2D eigenvalue weighted by atomic mass is 16.5. The van der Waals surface area contributed by atoms with Crippen LogP contribution in [0, 0.1) is 0 Å². The van der Waals surface area contributed by atoms with Gasteiger partial charge in [-0.15, -0.1) is 0 Å². The predicted octanol–water partition coefficient (Wildman–Crippen LogP) is 4.02. The van der Waals surface area contributed by atoms with Crippen molar-refractivity contribution in [1.82, 2.24) is 9.80 Å². The van der Waals surface area contributed by atoms with Crippen LogP contribution in [0.1, 0.15) is 18.1 Å². The minimum atomic E-state index is -0.463. The summed E-state index contributed by atoms with van der Waals surface area (Å²) < 4.78 is 33.0. The standard InChI is InChI=1S/C35H38N2O10/c1-5-45-34(41)16-24-15-23(7-9-28(24)42-2)30-19-27(39)35-26(38)17-25(18-32(35)47-30)46-21-33(40)37-12-10-36(11-13-37)20-22-6-8-29(43-3)31(14-22)44-4/h6-9,14-15,17-19,38H,5,10-13,16,20-21H2,1-4H3. The number of hydrogen-bond acceptors (Lipinski definition) is 11. The molecule has 0 spiro atoms. The highest BCUT2D eigenvalue weighted by molar-refractivity contribution is 5.86. The molecule has 1 aliphatic rings. The molecule has 0 saturated carbocycles. The lowest BCUT2D eigenvalue weighted by atomic mass is 10.0. The molecular formula is C35H38N2O10. The minimum absolute atomic E-state index is 0.0155. The fraction of sp³-hybridized carbons (Fsp3) is 0.343. The number of carbonyl (C=O) groups is 2. The van der Waals surface area contributed by atoms with Crippen LogP contribution < -0.4 is 24.4 Å². The van der Waals surface area contributed by atoms with Crippen LogP contribution in [0.25, 0.3) is 22.3 Å². The van der Waals surface area contributed by atoms with E-state index in [4.69, 9.17) is 28.1 Å². The van der Waals surface area contributed by atoms with Crippen LogP contribution in [-0.2, 0) is 27.3 Å². The summed E-state index contributed by atoms with van der Waals surface area (Å²) in [7, 11) is 4.70. The van der Waals surface area contributed by atoms with Crippen molar-refractivity contribution in [1.29, 1.82) is 0 Å². The number of carbonyl (C=O) groups excluding carboxylic acids is 2. The lowest BCUT2D eigenvalue weighted by Crippen LogP contribution is -2.49. The minimum Gasteiger partial charge on any atom is -0.507 e. The van der Waals surface area contributed by atoms with Gasteiger partial charge in [-0.05, 0) is 42.8 Å². The van der Waals surface area contributed by atoms with E-state index in [1.165, 1.54) is 25.3 Å². The highest BCUT2D eigenvalue weighted by Gasteiger charge is 2.23. The molecule has 1 amide bonds. The first kappa shape index (κ1) is 33.1. The summed E-state index contributed by atoms with van der Waals surface area (Å²) in [5, 5.41) is 10.6. The first-order valence-electron chi connectivity index (χ1n) is 15.2. The van der Waals surface area contributed by atoms with Crippen molar-refractivity contribution in [3.05, 3.63) is 75.9 Å². The molecule has 5 rings (SSSR count). The Balaban J connectivity index is 1.24. The van der Waals surface area contributed by atoms with E-state index in [2.05, 4.69) is 4.90 Å². The summed E-state index contributed by atoms with van der Waals surface area (Å²) >= 11 is 0. The molecule has 12 heteroatoms. The van der Waals surface area contributed by atoms with Gasteiger partial charge in [0.1, 0.15) is 34.0 Å². The Kier molecular flexibility index (Phi) is 10.5. The van der Waals surface area contributed by atoms with E-state index in [0.29, 0.717) is 61.1 Å². The van der Waals surface area contributed by atoms with Crippen molar-refractivity contribution < 1.29 is 42.8 Å². The number of piperazine rings is 1. The lowest BCUT2D eigenvalue weighted by Gasteiger charge is -2.34. The molecule has 248 valence electrons. The smallest absolute Gasteiger partial charge is 0.310 e. The van der Waals surface area contributed by atoms with Crippen molar-refractivity contribution in [3.63, 3.8) is 0 Å². The second-order valence-electron chi connectivity index (χ2n) is 10.9. The van der Waals surface area contributed by atoms with Gasteiger partial charge in [0.15, 0.2) is 23.5 Å². The highest BCUT2D eigenvalue weighted by Crippen LogP contribution is 2.33. The van der Waals surface area contributed by atoms with Gasteiger partial charge in [0, 0.05) is 62.0 Å². The van der Waals surface area contributed by atoms with Crippen LogP contribution in [0.2, 0.25) is 0 Å². The zero-order chi connectivity index (χ0) is 33.5. The molecule has 1 aliphatic heterocycles. The van der Waals surface area contributed by atoms with E-state index in [9.17, 15) is 19.5 Å². The third-order valence-corrected chi connectivity index (χ3v) is 7.93. The van der Waals surface area contributed by atoms with Crippen LogP contribution in [0.4, 0.5) is 0 Å². The van der Waals surface area contributed by atoms with Gasteiger partial charge in [-0.3, -0.25) is 19.3 Å². The number of esters is 1. The van der Waals surface area contributed by atoms with Crippen LogP contribution >= 0.6 is 0 Å². The molecule has 4 aromatic rings. The molecule has 47 heavy (non-hydrogen) atoms. The number of nitrogens with zero attached hydrogens (tertiary/aromatic N) is 2. The first-order valence-corrected chi connectivity index (χ1v) is 15.2. The van der Waals surface area contributed by atoms with Gasteiger partial charge in [0.25, 0.3) is 5.91 Å². The number of rotatable bonds is 12. The van der Waals surface area contributed by atoms with Gasteiger partial charge in [0.2, 0.25) is 0 Å². The fourth-order valence-electron chi connectivity index (χ4n) is 5.54. The quantitative estimate of drug-likeness (QED) is 0.224. The van der Waals surface area contributed by atoms with Crippen molar-refractivity contribution in [2.24, 2.45) is 0 Å². The molecule has 1 saturated heterocycles. The molecule has 1 N–H and O–H groups in total. The maximum absolute atomic E-state index is 13.0. The van der Waals surface area contributed by atoms with Gasteiger partial charge in [-0.1, -0.05) is 6.07 Å². The van der Waals surface area contributed by atoms with Crippen molar-refractivity contribution >= 4 is 22.8 Å². The molecule has 3 aromatic carbocycles. The van der Waals surface area contributed by atoms with Gasteiger partial charge in [0.05, 0.1) is 34.4 Å². The summed E-state index contributed by atoms with van der Waals surface area (Å²) in [4.78, 5) is 42.2. The SMILES string of the molecule is CCOC(=O)Cc1cc(-c2cc(=O)c3c(O)cc(OCC(=O)N4CCN(Cc5ccc(OC)c(OC)c5)CC4)cc3o2)ccc1OC. The lowest BCUT2D eigenvalue weighted by molar-refractivity contribution is -0.142. The summed E-state index contributed by atoms with van der Waals surface area (Å²) in [6, 6.07) is 14.9. The Morgan fingerprint density at radius 3 is 2.30 bits per heavy atom. The fourth-order valence-corrected chi connectivity index (χ4v) is 5.54. The molecule has 0 bridgehead atoms. The van der Waals surface area contributed by atoms with E-state index in [-0.39, 0.29) is 53.8 Å². The topological polar surface area (TPSA) is 137 Å². The molecule has 1 aromatic heterocycles. The number of aromatic hydroxyl groups is 1. The summed E-state index contributed by atoms with van der Waals surface area (Å²) in [5.74, 6) is 1.29. The average Bonchev–Trinajstić information content (AvgIpc) is 3.07. The van der Waals surface area contributed by atoms with Crippen LogP contribution in [0.5, 0.6) is 28.7 Å². The number of phenols is 1. The summed E-state index contributed by atoms with van der Waals surface area (Å²) in [5.41, 5.74) is 1.79. The summed E-state index contributed by atoms with van der Waals surface area (Å²) in [6.45, 7) is 4.90. The molecule has 0 unspecified atom stereocenters. The maximum Gasteiger partial charge on any atom is 0.310 e. The maximum atomic E-state index is 13.0. The molecule has 1 fully saturated rings. The largest absolute Gasteiger partial charge is 0.507 e. The Bertz CT molecular complexity index is 1810. The third kappa shape index (κ3) is 7.78. The number of fused-ring (bicyclic) bond motifs is 1. The van der Waals surface area contributed by atoms with Crippen molar-refractivity contribution in [2.45, 2.75) is 19.9 Å². The van der Waals surface area contributed by atoms with Gasteiger partial charge < -0.3 is 38.1 Å². The third-order valence-electron chi connectivity index (χ3n) is 7.93. The Labute approximate surface area is 272 Å². The number of hydrogen-bond donors (Lipinski definition) is 1. The second-order valence-corrected chi connectivity index (χ2v) is 10.9. The number of ether oxygens (including phenoxy) is 5. The van der Waals surface area contributed by atoms with E-state index < -0.39 is 11.4 Å². The molecule has 0 atom stereocenters. The zero-order valence-electron chi connectivity index (χ0n) is 26.9. The second kappa shape index (κ2) is 14.9. The normalized spacial score (nSPS) is 13.3. The van der Waals surface area contributed by atoms with E-state index >= 15 is 0 Å². The van der Waals surface area contributed by atoms with Gasteiger partial charge in [-0.25, -0.2) is 0 Å². The molecular weight excluding hydrogens is 608 g/mol. The van der Waals surface area contributed by atoms with Crippen molar-refractivity contribution in [2.75, 3.05) is 60.7 Å². The van der Waals surface area contributed by atoms with Gasteiger partial charge >= 0.3 is 5.97 Å². The first-order chi connectivity index (χ1) is 22.7. The molecule has 0 radical (unpaired) electrons. The zero-order valence-corrected chi connectivity index (χ0v) is 26.9. The van der Waals surface area contributed by atoms with Crippen LogP contribution in [0.3, 0.4) is 0 Å². The molecule has 0 aliphatic carbocycles. The molecule has 12 nitrogen and oxygen atoms in total.